The maximum absolute atomic E-state index is 12.9. The smallest absolute Gasteiger partial charge is 0.337 e. The minimum atomic E-state index is -1.02. The molecule has 1 heterocycles. The van der Waals surface area contributed by atoms with Gasteiger partial charge >= 0.3 is 5.97 Å². The van der Waals surface area contributed by atoms with E-state index in [1.807, 2.05) is 12.1 Å². The molecule has 1 aromatic carbocycles. The van der Waals surface area contributed by atoms with Gasteiger partial charge in [0, 0.05) is 31.7 Å². The zero-order valence-electron chi connectivity index (χ0n) is 16.0. The van der Waals surface area contributed by atoms with Gasteiger partial charge < -0.3 is 15.0 Å². The lowest BCUT2D eigenvalue weighted by atomic mass is 10.0. The molecule has 0 saturated heterocycles. The average Bonchev–Trinajstić information content (AvgIpc) is 3.54. The highest BCUT2D eigenvalue weighted by molar-refractivity contribution is 6.13. The van der Waals surface area contributed by atoms with Crippen molar-refractivity contribution in [3.05, 3.63) is 59.9 Å². The number of carbonyl (C=O) groups is 3. The van der Waals surface area contributed by atoms with Crippen molar-refractivity contribution in [2.24, 2.45) is 5.41 Å². The van der Waals surface area contributed by atoms with Crippen LogP contribution >= 0.6 is 0 Å². The number of ether oxygens (including phenoxy) is 1. The lowest BCUT2D eigenvalue weighted by Gasteiger charge is -2.23. The van der Waals surface area contributed by atoms with E-state index in [2.05, 4.69) is 10.3 Å². The summed E-state index contributed by atoms with van der Waals surface area (Å²) >= 11 is 0. The highest BCUT2D eigenvalue weighted by atomic mass is 16.5. The summed E-state index contributed by atoms with van der Waals surface area (Å²) in [6, 6.07) is 10.3. The third kappa shape index (κ3) is 4.19. The monoisotopic (exact) mass is 381 g/mol. The minimum Gasteiger partial charge on any atom is -0.465 e. The number of carbonyl (C=O) groups excluding carboxylic acids is 3. The standard InChI is InChI=1S/C21H23N3O4/c1-24(13-8-15-6-11-22-12-7-15)20(27)21(9-10-21)19(26)23-17-5-3-4-16(14-17)18(25)28-2/h3-7,11-12,14H,8-10,13H2,1-2H3,(H,23,26). The lowest BCUT2D eigenvalue weighted by Crippen LogP contribution is -2.41. The summed E-state index contributed by atoms with van der Waals surface area (Å²) in [6.45, 7) is 0.524. The molecule has 1 aliphatic rings. The van der Waals surface area contributed by atoms with E-state index in [1.54, 1.807) is 42.5 Å². The van der Waals surface area contributed by atoms with Gasteiger partial charge in [0.2, 0.25) is 11.8 Å². The van der Waals surface area contributed by atoms with Gasteiger partial charge in [-0.3, -0.25) is 14.6 Å². The summed E-state index contributed by atoms with van der Waals surface area (Å²) in [5.41, 5.74) is 0.870. The predicted octanol–water partition coefficient (Wildman–Crippen LogP) is 2.29. The van der Waals surface area contributed by atoms with Crippen molar-refractivity contribution in [2.75, 3.05) is 26.0 Å². The second-order valence-electron chi connectivity index (χ2n) is 6.94. The molecule has 0 radical (unpaired) electrons. The van der Waals surface area contributed by atoms with Crippen LogP contribution < -0.4 is 5.32 Å². The molecule has 0 aliphatic heterocycles. The number of amides is 2. The number of methoxy groups -OCH3 is 1. The van der Waals surface area contributed by atoms with E-state index in [0.29, 0.717) is 37.1 Å². The number of hydrogen-bond acceptors (Lipinski definition) is 5. The Morgan fingerprint density at radius 3 is 2.54 bits per heavy atom. The molecule has 0 atom stereocenters. The second-order valence-corrected chi connectivity index (χ2v) is 6.94. The summed E-state index contributed by atoms with van der Waals surface area (Å²) < 4.78 is 4.69. The van der Waals surface area contributed by atoms with Crippen LogP contribution in [0.1, 0.15) is 28.8 Å². The lowest BCUT2D eigenvalue weighted by molar-refractivity contribution is -0.141. The van der Waals surface area contributed by atoms with Gasteiger partial charge in [-0.15, -0.1) is 0 Å². The van der Waals surface area contributed by atoms with Crippen molar-refractivity contribution in [3.8, 4) is 0 Å². The molecule has 7 heteroatoms. The van der Waals surface area contributed by atoms with Gasteiger partial charge in [0.05, 0.1) is 12.7 Å². The molecular weight excluding hydrogens is 358 g/mol. The Balaban J connectivity index is 1.63. The molecule has 0 unspecified atom stereocenters. The van der Waals surface area contributed by atoms with Crippen molar-refractivity contribution in [3.63, 3.8) is 0 Å². The maximum atomic E-state index is 12.9. The topological polar surface area (TPSA) is 88.6 Å². The van der Waals surface area contributed by atoms with E-state index in [9.17, 15) is 14.4 Å². The van der Waals surface area contributed by atoms with Crippen LogP contribution in [-0.4, -0.2) is 48.4 Å². The van der Waals surface area contributed by atoms with Crippen LogP contribution in [0.2, 0.25) is 0 Å². The first kappa shape index (κ1) is 19.5. The number of nitrogens with zero attached hydrogens (tertiary/aromatic N) is 2. The number of pyridine rings is 1. The van der Waals surface area contributed by atoms with E-state index >= 15 is 0 Å². The third-order valence-corrected chi connectivity index (χ3v) is 4.97. The highest BCUT2D eigenvalue weighted by Crippen LogP contribution is 2.48. The van der Waals surface area contributed by atoms with Crippen LogP contribution in [-0.2, 0) is 20.7 Å². The molecule has 1 saturated carbocycles. The fraction of sp³-hybridized carbons (Fsp3) is 0.333. The van der Waals surface area contributed by atoms with Crippen molar-refractivity contribution in [1.29, 1.82) is 0 Å². The highest BCUT2D eigenvalue weighted by Gasteiger charge is 2.57. The number of benzene rings is 1. The normalized spacial score (nSPS) is 14.1. The Labute approximate surface area is 163 Å². The second kappa shape index (κ2) is 8.21. The summed E-state index contributed by atoms with van der Waals surface area (Å²) in [5, 5.41) is 2.77. The molecule has 1 N–H and O–H groups in total. The molecule has 2 amide bonds. The molecule has 1 fully saturated rings. The largest absolute Gasteiger partial charge is 0.465 e. The van der Waals surface area contributed by atoms with Crippen molar-refractivity contribution in [1.82, 2.24) is 9.88 Å². The van der Waals surface area contributed by atoms with E-state index in [1.165, 1.54) is 13.2 Å². The number of hydrogen-bond donors (Lipinski definition) is 1. The van der Waals surface area contributed by atoms with Crippen LogP contribution in [0, 0.1) is 5.41 Å². The van der Waals surface area contributed by atoms with Crippen molar-refractivity contribution >= 4 is 23.5 Å². The molecule has 1 aromatic heterocycles. The average molecular weight is 381 g/mol. The third-order valence-electron chi connectivity index (χ3n) is 4.97. The van der Waals surface area contributed by atoms with Crippen LogP contribution in [0.3, 0.4) is 0 Å². The molecule has 0 spiro atoms. The minimum absolute atomic E-state index is 0.178. The van der Waals surface area contributed by atoms with Gasteiger partial charge in [0.25, 0.3) is 0 Å². The number of aromatic nitrogens is 1. The zero-order chi connectivity index (χ0) is 20.1. The summed E-state index contributed by atoms with van der Waals surface area (Å²) in [6.07, 6.45) is 5.18. The van der Waals surface area contributed by atoms with Gasteiger partial charge in [-0.25, -0.2) is 4.79 Å². The molecule has 3 rings (SSSR count). The van der Waals surface area contributed by atoms with Crippen molar-refractivity contribution in [2.45, 2.75) is 19.3 Å². The number of likely N-dealkylation sites (N-methyl/N-ethyl adjacent to an activating group) is 1. The molecular formula is C21H23N3O4. The summed E-state index contributed by atoms with van der Waals surface area (Å²) in [4.78, 5) is 42.9. The first-order valence-corrected chi connectivity index (χ1v) is 9.10. The SMILES string of the molecule is COC(=O)c1cccc(NC(=O)C2(C(=O)N(C)CCc3ccncc3)CC2)c1. The molecule has 7 nitrogen and oxygen atoms in total. The molecule has 146 valence electrons. The summed E-state index contributed by atoms with van der Waals surface area (Å²) in [5.74, 6) is -0.998. The zero-order valence-corrected chi connectivity index (χ0v) is 16.0. The fourth-order valence-corrected chi connectivity index (χ4v) is 3.07. The van der Waals surface area contributed by atoms with Crippen LogP contribution in [0.25, 0.3) is 0 Å². The number of esters is 1. The molecule has 28 heavy (non-hydrogen) atoms. The van der Waals surface area contributed by atoms with Crippen LogP contribution in [0.4, 0.5) is 5.69 Å². The van der Waals surface area contributed by atoms with Gasteiger partial charge in [-0.1, -0.05) is 6.07 Å². The fourth-order valence-electron chi connectivity index (χ4n) is 3.07. The van der Waals surface area contributed by atoms with E-state index < -0.39 is 11.4 Å². The van der Waals surface area contributed by atoms with Crippen LogP contribution in [0.5, 0.6) is 0 Å². The Kier molecular flexibility index (Phi) is 5.73. The Morgan fingerprint density at radius 1 is 1.18 bits per heavy atom. The van der Waals surface area contributed by atoms with E-state index in [0.717, 1.165) is 5.56 Å². The van der Waals surface area contributed by atoms with Gasteiger partial charge in [-0.05, 0) is 55.2 Å². The Hall–Kier alpha value is -3.22. The Bertz CT molecular complexity index is 878. The quantitative estimate of drug-likeness (QED) is 0.587. The number of rotatable bonds is 7. The molecule has 2 aromatic rings. The van der Waals surface area contributed by atoms with Crippen molar-refractivity contribution < 1.29 is 19.1 Å². The number of nitrogens with one attached hydrogen (secondary N) is 1. The van der Waals surface area contributed by atoms with Gasteiger partial charge in [-0.2, -0.15) is 0 Å². The summed E-state index contributed by atoms with van der Waals surface area (Å²) in [7, 11) is 3.02. The molecule has 0 bridgehead atoms. The predicted molar refractivity (Wildman–Crippen MR) is 104 cm³/mol. The maximum Gasteiger partial charge on any atom is 0.337 e. The first-order chi connectivity index (χ1) is 13.5. The molecule has 1 aliphatic carbocycles. The van der Waals surface area contributed by atoms with E-state index in [-0.39, 0.29) is 11.8 Å². The van der Waals surface area contributed by atoms with Gasteiger partial charge in [0.15, 0.2) is 0 Å². The first-order valence-electron chi connectivity index (χ1n) is 9.10. The van der Waals surface area contributed by atoms with Crippen LogP contribution in [0.15, 0.2) is 48.8 Å². The Morgan fingerprint density at radius 2 is 1.89 bits per heavy atom. The van der Waals surface area contributed by atoms with E-state index in [4.69, 9.17) is 4.74 Å². The van der Waals surface area contributed by atoms with Gasteiger partial charge in [0.1, 0.15) is 5.41 Å². The number of anilines is 1.